The fraction of sp³-hybridized carbons (Fsp3) is 0.250. The van der Waals surface area contributed by atoms with Crippen molar-refractivity contribution in [3.05, 3.63) is 63.9 Å². The fourth-order valence-corrected chi connectivity index (χ4v) is 3.36. The summed E-state index contributed by atoms with van der Waals surface area (Å²) in [5.41, 5.74) is 1.54. The number of carbonyl (C=O) groups excluding carboxylic acids is 2. The van der Waals surface area contributed by atoms with E-state index in [-0.39, 0.29) is 16.4 Å². The van der Waals surface area contributed by atoms with E-state index >= 15 is 0 Å². The highest BCUT2D eigenvalue weighted by molar-refractivity contribution is 6.33. The smallest absolute Gasteiger partial charge is 0.258 e. The highest BCUT2D eigenvalue weighted by Crippen LogP contribution is 2.25. The van der Waals surface area contributed by atoms with Crippen molar-refractivity contribution < 1.29 is 14.0 Å². The van der Waals surface area contributed by atoms with Crippen LogP contribution in [-0.4, -0.2) is 42.8 Å². The number of nitriles is 1. The summed E-state index contributed by atoms with van der Waals surface area (Å²) in [6, 6.07) is 11.2. The summed E-state index contributed by atoms with van der Waals surface area (Å²) in [7, 11) is 0. The van der Waals surface area contributed by atoms with Gasteiger partial charge >= 0.3 is 0 Å². The van der Waals surface area contributed by atoms with Gasteiger partial charge < -0.3 is 9.80 Å². The van der Waals surface area contributed by atoms with Crippen LogP contribution in [0.4, 0.5) is 10.1 Å². The Kier molecular flexibility index (Phi) is 5.43. The van der Waals surface area contributed by atoms with E-state index in [1.54, 1.807) is 23.1 Å². The number of halogens is 2. The summed E-state index contributed by atoms with van der Waals surface area (Å²) in [5, 5.41) is 9.43. The minimum atomic E-state index is -0.643. The van der Waals surface area contributed by atoms with Gasteiger partial charge in [-0.15, -0.1) is 0 Å². The predicted molar refractivity (Wildman–Crippen MR) is 101 cm³/mol. The van der Waals surface area contributed by atoms with Crippen molar-refractivity contribution >= 4 is 29.0 Å². The molecule has 138 valence electrons. The molecule has 0 N–H and O–H groups in total. The Morgan fingerprint density at radius 1 is 1.15 bits per heavy atom. The normalized spacial score (nSPS) is 14.0. The zero-order chi connectivity index (χ0) is 19.6. The Hall–Kier alpha value is -2.91. The molecule has 7 heteroatoms. The summed E-state index contributed by atoms with van der Waals surface area (Å²) in [5.74, 6) is -1.17. The number of ketones is 1. The molecular weight excluding hydrogens is 369 g/mol. The van der Waals surface area contributed by atoms with Crippen LogP contribution in [0, 0.1) is 17.1 Å². The average molecular weight is 386 g/mol. The van der Waals surface area contributed by atoms with Crippen LogP contribution < -0.4 is 4.90 Å². The topological polar surface area (TPSA) is 64.4 Å². The first-order chi connectivity index (χ1) is 12.9. The zero-order valence-corrected chi connectivity index (χ0v) is 15.5. The maximum Gasteiger partial charge on any atom is 0.258 e. The van der Waals surface area contributed by atoms with Gasteiger partial charge in [0.15, 0.2) is 5.78 Å². The first kappa shape index (κ1) is 18.9. The second kappa shape index (κ2) is 7.77. The Labute approximate surface area is 161 Å². The Morgan fingerprint density at radius 2 is 1.85 bits per heavy atom. The van der Waals surface area contributed by atoms with Gasteiger partial charge in [-0.1, -0.05) is 17.7 Å². The number of benzene rings is 2. The van der Waals surface area contributed by atoms with Gasteiger partial charge in [0.2, 0.25) is 0 Å². The van der Waals surface area contributed by atoms with Crippen molar-refractivity contribution in [3.8, 4) is 6.07 Å². The molecule has 0 bridgehead atoms. The molecule has 0 radical (unpaired) electrons. The van der Waals surface area contributed by atoms with Crippen LogP contribution in [0.25, 0.3) is 0 Å². The molecule has 5 nitrogen and oxygen atoms in total. The number of carbonyl (C=O) groups is 2. The number of anilines is 1. The molecule has 0 aromatic heterocycles. The van der Waals surface area contributed by atoms with Gasteiger partial charge in [0, 0.05) is 31.7 Å². The summed E-state index contributed by atoms with van der Waals surface area (Å²) < 4.78 is 14.0. The van der Waals surface area contributed by atoms with E-state index in [9.17, 15) is 19.2 Å². The SMILES string of the molecule is CC(=O)c1ccc(C#N)c(N2CCN(C(=O)c3c(F)cccc3Cl)CC2)c1. The molecule has 1 heterocycles. The van der Waals surface area contributed by atoms with Gasteiger partial charge in [-0.2, -0.15) is 5.26 Å². The number of amides is 1. The molecule has 0 spiro atoms. The monoisotopic (exact) mass is 385 g/mol. The molecule has 0 saturated carbocycles. The number of rotatable bonds is 3. The zero-order valence-electron chi connectivity index (χ0n) is 14.7. The summed E-state index contributed by atoms with van der Waals surface area (Å²) in [6.07, 6.45) is 0. The lowest BCUT2D eigenvalue weighted by atomic mass is 10.1. The summed E-state index contributed by atoms with van der Waals surface area (Å²) in [6.45, 7) is 3.12. The Balaban J connectivity index is 1.78. The largest absolute Gasteiger partial charge is 0.367 e. The van der Waals surface area contributed by atoms with Crippen LogP contribution in [0.3, 0.4) is 0 Å². The van der Waals surface area contributed by atoms with Crippen LogP contribution in [0.1, 0.15) is 33.2 Å². The number of nitrogens with zero attached hydrogens (tertiary/aromatic N) is 3. The molecule has 0 unspecified atom stereocenters. The fourth-order valence-electron chi connectivity index (χ4n) is 3.12. The van der Waals surface area contributed by atoms with Crippen LogP contribution >= 0.6 is 11.6 Å². The molecule has 1 amide bonds. The molecule has 1 fully saturated rings. The minimum Gasteiger partial charge on any atom is -0.367 e. The Bertz CT molecular complexity index is 926. The lowest BCUT2D eigenvalue weighted by molar-refractivity contribution is 0.0742. The van der Waals surface area contributed by atoms with Crippen LogP contribution in [-0.2, 0) is 0 Å². The molecular formula is C20H17ClFN3O2. The standard InChI is InChI=1S/C20H17ClFN3O2/c1-13(26)14-5-6-15(12-23)18(11-14)24-7-9-25(10-8-24)20(27)19-16(21)3-2-4-17(19)22/h2-6,11H,7-10H2,1H3. The van der Waals surface area contributed by atoms with Crippen molar-refractivity contribution in [2.24, 2.45) is 0 Å². The van der Waals surface area contributed by atoms with Crippen molar-refractivity contribution in [2.75, 3.05) is 31.1 Å². The molecule has 27 heavy (non-hydrogen) atoms. The van der Waals surface area contributed by atoms with Gasteiger partial charge in [0.1, 0.15) is 11.9 Å². The van der Waals surface area contributed by atoms with E-state index in [0.29, 0.717) is 43.0 Å². The maximum absolute atomic E-state index is 14.0. The maximum atomic E-state index is 14.0. The van der Waals surface area contributed by atoms with Crippen molar-refractivity contribution in [1.82, 2.24) is 4.90 Å². The number of hydrogen-bond acceptors (Lipinski definition) is 4. The van der Waals surface area contributed by atoms with Crippen LogP contribution in [0.2, 0.25) is 5.02 Å². The molecule has 0 atom stereocenters. The Morgan fingerprint density at radius 3 is 2.44 bits per heavy atom. The van der Waals surface area contributed by atoms with Gasteiger partial charge in [0.05, 0.1) is 21.8 Å². The highest BCUT2D eigenvalue weighted by atomic mass is 35.5. The van der Waals surface area contributed by atoms with E-state index in [0.717, 1.165) is 0 Å². The number of Topliss-reactive ketones (excluding diaryl/α,β-unsaturated/α-hetero) is 1. The van der Waals surface area contributed by atoms with E-state index in [1.807, 2.05) is 4.90 Å². The van der Waals surface area contributed by atoms with E-state index in [2.05, 4.69) is 6.07 Å². The van der Waals surface area contributed by atoms with Gasteiger partial charge in [0.25, 0.3) is 5.91 Å². The first-order valence-electron chi connectivity index (χ1n) is 8.45. The highest BCUT2D eigenvalue weighted by Gasteiger charge is 2.27. The molecule has 2 aromatic rings. The quantitative estimate of drug-likeness (QED) is 0.758. The predicted octanol–water partition coefficient (Wildman–Crippen LogP) is 3.52. The molecule has 0 aliphatic carbocycles. The summed E-state index contributed by atoms with van der Waals surface area (Å²) >= 11 is 5.99. The molecule has 3 rings (SSSR count). The second-order valence-corrected chi connectivity index (χ2v) is 6.68. The first-order valence-corrected chi connectivity index (χ1v) is 8.83. The number of hydrogen-bond donors (Lipinski definition) is 0. The number of piperazine rings is 1. The molecule has 1 saturated heterocycles. The van der Waals surface area contributed by atoms with Gasteiger partial charge in [-0.25, -0.2) is 4.39 Å². The second-order valence-electron chi connectivity index (χ2n) is 6.28. The van der Waals surface area contributed by atoms with E-state index < -0.39 is 11.7 Å². The van der Waals surface area contributed by atoms with Crippen molar-refractivity contribution in [3.63, 3.8) is 0 Å². The van der Waals surface area contributed by atoms with Gasteiger partial charge in [-0.3, -0.25) is 9.59 Å². The lowest BCUT2D eigenvalue weighted by Gasteiger charge is -2.36. The average Bonchev–Trinajstić information content (AvgIpc) is 2.67. The lowest BCUT2D eigenvalue weighted by Crippen LogP contribution is -2.49. The third kappa shape index (κ3) is 3.79. The molecule has 2 aromatic carbocycles. The summed E-state index contributed by atoms with van der Waals surface area (Å²) in [4.78, 5) is 27.8. The van der Waals surface area contributed by atoms with Crippen LogP contribution in [0.15, 0.2) is 36.4 Å². The third-order valence-corrected chi connectivity index (χ3v) is 4.92. The molecule has 1 aliphatic heterocycles. The van der Waals surface area contributed by atoms with E-state index in [4.69, 9.17) is 11.6 Å². The van der Waals surface area contributed by atoms with E-state index in [1.165, 1.54) is 25.1 Å². The third-order valence-electron chi connectivity index (χ3n) is 4.61. The van der Waals surface area contributed by atoms with Crippen LogP contribution in [0.5, 0.6) is 0 Å². The van der Waals surface area contributed by atoms with Crippen molar-refractivity contribution in [2.45, 2.75) is 6.92 Å². The van der Waals surface area contributed by atoms with Crippen molar-refractivity contribution in [1.29, 1.82) is 5.26 Å². The van der Waals surface area contributed by atoms with Gasteiger partial charge in [-0.05, 0) is 37.3 Å². The minimum absolute atomic E-state index is 0.0799. The molecule has 1 aliphatic rings.